The van der Waals surface area contributed by atoms with Crippen molar-refractivity contribution in [3.05, 3.63) is 46.4 Å². The third kappa shape index (κ3) is 3.21. The molecule has 0 spiro atoms. The Bertz CT molecular complexity index is 706. The Morgan fingerprint density at radius 2 is 1.86 bits per heavy atom. The second-order valence-electron chi connectivity index (χ2n) is 5.40. The number of likely N-dealkylation sites (tertiary alicyclic amines) is 1. The van der Waals surface area contributed by atoms with Gasteiger partial charge in [-0.05, 0) is 12.8 Å². The van der Waals surface area contributed by atoms with Crippen LogP contribution in [0.25, 0.3) is 11.4 Å². The molecular weight excluding hydrogens is 280 g/mol. The minimum absolute atomic E-state index is 0.0887. The van der Waals surface area contributed by atoms with Gasteiger partial charge in [0.25, 0.3) is 5.56 Å². The molecule has 0 aliphatic carbocycles. The van der Waals surface area contributed by atoms with Gasteiger partial charge in [0.2, 0.25) is 5.91 Å². The molecular formula is C16H18N4O2. The van der Waals surface area contributed by atoms with Crippen molar-refractivity contribution in [2.45, 2.75) is 25.7 Å². The Morgan fingerprint density at radius 1 is 1.14 bits per heavy atom. The summed E-state index contributed by atoms with van der Waals surface area (Å²) in [5, 5.41) is 8.04. The third-order valence-corrected chi connectivity index (χ3v) is 3.85. The molecule has 2 heterocycles. The van der Waals surface area contributed by atoms with E-state index in [-0.39, 0.29) is 11.5 Å². The van der Waals surface area contributed by atoms with E-state index in [1.165, 1.54) is 0 Å². The van der Waals surface area contributed by atoms with E-state index in [2.05, 4.69) is 15.2 Å². The molecule has 1 N–H and O–H groups in total. The second kappa shape index (κ2) is 6.51. The molecule has 0 radical (unpaired) electrons. The summed E-state index contributed by atoms with van der Waals surface area (Å²) in [6.45, 7) is 1.65. The van der Waals surface area contributed by atoms with E-state index in [1.54, 1.807) is 0 Å². The summed E-state index contributed by atoms with van der Waals surface area (Å²) < 4.78 is 0. The van der Waals surface area contributed by atoms with Gasteiger partial charge in [-0.3, -0.25) is 9.59 Å². The number of rotatable bonds is 4. The fourth-order valence-corrected chi connectivity index (χ4v) is 2.60. The maximum atomic E-state index is 12.1. The van der Waals surface area contributed by atoms with Crippen LogP contribution in [0.1, 0.15) is 25.0 Å². The topological polar surface area (TPSA) is 79.0 Å². The molecule has 1 aromatic carbocycles. The number of hydrogen-bond donors (Lipinski definition) is 1. The van der Waals surface area contributed by atoms with E-state index in [4.69, 9.17) is 0 Å². The van der Waals surface area contributed by atoms with Crippen LogP contribution >= 0.6 is 0 Å². The lowest BCUT2D eigenvalue weighted by molar-refractivity contribution is -0.130. The van der Waals surface area contributed by atoms with E-state index in [9.17, 15) is 9.59 Å². The molecule has 3 rings (SSSR count). The van der Waals surface area contributed by atoms with E-state index < -0.39 is 0 Å². The molecule has 0 atom stereocenters. The standard InChI is InChI=1S/C16H18N4O2/c21-14(20-10-4-5-11-20)9-8-13-16(22)17-15(19-18-13)12-6-2-1-3-7-12/h1-3,6-7H,4-5,8-11H2,(H,17,19,22). The Kier molecular flexibility index (Phi) is 4.27. The molecule has 1 amide bonds. The summed E-state index contributed by atoms with van der Waals surface area (Å²) in [6, 6.07) is 9.36. The Hall–Kier alpha value is -2.50. The molecule has 0 bridgehead atoms. The largest absolute Gasteiger partial charge is 0.343 e. The van der Waals surface area contributed by atoms with Gasteiger partial charge in [0.1, 0.15) is 5.69 Å². The maximum absolute atomic E-state index is 12.1. The highest BCUT2D eigenvalue weighted by Crippen LogP contribution is 2.12. The van der Waals surface area contributed by atoms with Gasteiger partial charge in [-0.15, -0.1) is 10.2 Å². The lowest BCUT2D eigenvalue weighted by Gasteiger charge is -2.14. The molecule has 0 unspecified atom stereocenters. The number of benzene rings is 1. The third-order valence-electron chi connectivity index (χ3n) is 3.85. The number of aromatic nitrogens is 3. The zero-order chi connectivity index (χ0) is 15.4. The number of carbonyl (C=O) groups is 1. The van der Waals surface area contributed by atoms with Gasteiger partial charge in [-0.25, -0.2) is 0 Å². The highest BCUT2D eigenvalue weighted by atomic mass is 16.2. The van der Waals surface area contributed by atoms with Gasteiger partial charge in [0, 0.05) is 31.5 Å². The Labute approximate surface area is 128 Å². The number of H-pyrrole nitrogens is 1. The monoisotopic (exact) mass is 298 g/mol. The van der Waals surface area contributed by atoms with Crippen LogP contribution in [0.15, 0.2) is 35.1 Å². The predicted octanol–water partition coefficient (Wildman–Crippen LogP) is 1.39. The van der Waals surface area contributed by atoms with Crippen LogP contribution in [0.2, 0.25) is 0 Å². The quantitative estimate of drug-likeness (QED) is 0.925. The first-order valence-corrected chi connectivity index (χ1v) is 7.53. The van der Waals surface area contributed by atoms with Crippen molar-refractivity contribution in [1.82, 2.24) is 20.1 Å². The van der Waals surface area contributed by atoms with E-state index in [0.717, 1.165) is 31.5 Å². The normalized spacial score (nSPS) is 14.3. The first-order valence-electron chi connectivity index (χ1n) is 7.53. The number of nitrogens with zero attached hydrogens (tertiary/aromatic N) is 3. The summed E-state index contributed by atoms with van der Waals surface area (Å²) in [5.41, 5.74) is 0.849. The molecule has 0 saturated carbocycles. The molecule has 2 aromatic rings. The van der Waals surface area contributed by atoms with Crippen molar-refractivity contribution in [1.29, 1.82) is 0 Å². The van der Waals surface area contributed by atoms with Gasteiger partial charge in [-0.2, -0.15) is 0 Å². The minimum atomic E-state index is -0.275. The average molecular weight is 298 g/mol. The fourth-order valence-electron chi connectivity index (χ4n) is 2.60. The van der Waals surface area contributed by atoms with Crippen LogP contribution in [0.4, 0.5) is 0 Å². The zero-order valence-corrected chi connectivity index (χ0v) is 12.3. The number of aromatic amines is 1. The van der Waals surface area contributed by atoms with Crippen LogP contribution in [-0.2, 0) is 11.2 Å². The summed E-state index contributed by atoms with van der Waals surface area (Å²) >= 11 is 0. The van der Waals surface area contributed by atoms with Crippen molar-refractivity contribution in [3.63, 3.8) is 0 Å². The number of carbonyl (C=O) groups excluding carboxylic acids is 1. The van der Waals surface area contributed by atoms with Gasteiger partial charge in [0.05, 0.1) is 0 Å². The summed E-state index contributed by atoms with van der Waals surface area (Å²) in [5.74, 6) is 0.533. The molecule has 114 valence electrons. The van der Waals surface area contributed by atoms with E-state index in [0.29, 0.717) is 24.4 Å². The van der Waals surface area contributed by atoms with Crippen molar-refractivity contribution >= 4 is 5.91 Å². The summed E-state index contributed by atoms with van der Waals surface area (Å²) in [6.07, 6.45) is 2.77. The van der Waals surface area contributed by atoms with Crippen LogP contribution in [0, 0.1) is 0 Å². The maximum Gasteiger partial charge on any atom is 0.273 e. The van der Waals surface area contributed by atoms with Gasteiger partial charge in [0.15, 0.2) is 5.82 Å². The van der Waals surface area contributed by atoms with Crippen molar-refractivity contribution < 1.29 is 4.79 Å². The molecule has 1 fully saturated rings. The average Bonchev–Trinajstić information content (AvgIpc) is 3.09. The predicted molar refractivity (Wildman–Crippen MR) is 82.2 cm³/mol. The molecule has 1 aliphatic heterocycles. The number of aryl methyl sites for hydroxylation is 1. The first kappa shape index (κ1) is 14.4. The number of hydrogen-bond acceptors (Lipinski definition) is 4. The van der Waals surface area contributed by atoms with Gasteiger partial charge >= 0.3 is 0 Å². The molecule has 1 aromatic heterocycles. The summed E-state index contributed by atoms with van der Waals surface area (Å²) in [7, 11) is 0. The lowest BCUT2D eigenvalue weighted by atomic mass is 10.2. The fraction of sp³-hybridized carbons (Fsp3) is 0.375. The van der Waals surface area contributed by atoms with Crippen LogP contribution in [-0.4, -0.2) is 39.1 Å². The molecule has 22 heavy (non-hydrogen) atoms. The van der Waals surface area contributed by atoms with Crippen molar-refractivity contribution in [2.24, 2.45) is 0 Å². The lowest BCUT2D eigenvalue weighted by Crippen LogP contribution is -2.28. The Balaban J connectivity index is 1.68. The van der Waals surface area contributed by atoms with Crippen molar-refractivity contribution in [2.75, 3.05) is 13.1 Å². The molecule has 6 nitrogen and oxygen atoms in total. The zero-order valence-electron chi connectivity index (χ0n) is 12.3. The highest BCUT2D eigenvalue weighted by molar-refractivity contribution is 5.76. The number of amides is 1. The van der Waals surface area contributed by atoms with Crippen LogP contribution in [0.5, 0.6) is 0 Å². The first-order chi connectivity index (χ1) is 10.7. The number of nitrogens with one attached hydrogen (secondary N) is 1. The van der Waals surface area contributed by atoms with Crippen LogP contribution < -0.4 is 5.56 Å². The highest BCUT2D eigenvalue weighted by Gasteiger charge is 2.18. The molecule has 6 heteroatoms. The van der Waals surface area contributed by atoms with E-state index >= 15 is 0 Å². The molecule has 1 saturated heterocycles. The Morgan fingerprint density at radius 3 is 2.55 bits per heavy atom. The van der Waals surface area contributed by atoms with Crippen molar-refractivity contribution in [3.8, 4) is 11.4 Å². The van der Waals surface area contributed by atoms with Crippen LogP contribution in [0.3, 0.4) is 0 Å². The van der Waals surface area contributed by atoms with Gasteiger partial charge < -0.3 is 9.88 Å². The SMILES string of the molecule is O=C(CCc1nnc(-c2ccccc2)[nH]c1=O)N1CCCC1. The second-order valence-corrected chi connectivity index (χ2v) is 5.40. The van der Waals surface area contributed by atoms with E-state index in [1.807, 2.05) is 35.2 Å². The summed E-state index contributed by atoms with van der Waals surface area (Å²) in [4.78, 5) is 28.6. The molecule has 1 aliphatic rings. The van der Waals surface area contributed by atoms with Gasteiger partial charge in [-0.1, -0.05) is 30.3 Å². The smallest absolute Gasteiger partial charge is 0.273 e. The minimum Gasteiger partial charge on any atom is -0.343 e.